The van der Waals surface area contributed by atoms with Gasteiger partial charge in [0.1, 0.15) is 16.4 Å². The van der Waals surface area contributed by atoms with Crippen molar-refractivity contribution in [2.75, 3.05) is 13.6 Å². The summed E-state index contributed by atoms with van der Waals surface area (Å²) in [6.45, 7) is 8.70. The molecule has 0 saturated carbocycles. The highest BCUT2D eigenvalue weighted by Crippen LogP contribution is 2.22. The average molecular weight is 288 g/mol. The van der Waals surface area contributed by atoms with Crippen LogP contribution in [0.15, 0.2) is 15.4 Å². The molecule has 0 spiro atoms. The number of furan rings is 1. The molecule has 0 aliphatic heterocycles. The van der Waals surface area contributed by atoms with E-state index in [-0.39, 0.29) is 10.3 Å². The molecular weight excluding hydrogens is 264 g/mol. The van der Waals surface area contributed by atoms with Crippen LogP contribution in [0.5, 0.6) is 0 Å². The van der Waals surface area contributed by atoms with Gasteiger partial charge in [-0.25, -0.2) is 13.1 Å². The normalized spacial score (nSPS) is 12.9. The lowest BCUT2D eigenvalue weighted by Gasteiger charge is -2.22. The fraction of sp³-hybridized carbons (Fsp3) is 0.692. The molecule has 0 aliphatic carbocycles. The minimum absolute atomic E-state index is 0.0570. The predicted molar refractivity (Wildman–Crippen MR) is 75.5 cm³/mol. The van der Waals surface area contributed by atoms with Gasteiger partial charge in [-0.15, -0.1) is 0 Å². The third-order valence-corrected chi connectivity index (χ3v) is 4.77. The van der Waals surface area contributed by atoms with E-state index in [0.29, 0.717) is 24.6 Å². The summed E-state index contributed by atoms with van der Waals surface area (Å²) in [4.78, 5) is 0.227. The minimum atomic E-state index is -3.50. The van der Waals surface area contributed by atoms with Crippen LogP contribution in [-0.2, 0) is 16.6 Å². The predicted octanol–water partition coefficient (Wildman–Crippen LogP) is 2.02. The smallest absolute Gasteiger partial charge is 0.244 e. The van der Waals surface area contributed by atoms with Gasteiger partial charge in [0.25, 0.3) is 0 Å². The number of hydrogen-bond acceptors (Lipinski definition) is 4. The van der Waals surface area contributed by atoms with Crippen LogP contribution in [0, 0.1) is 12.3 Å². The van der Waals surface area contributed by atoms with Gasteiger partial charge in [-0.3, -0.25) is 0 Å². The summed E-state index contributed by atoms with van der Waals surface area (Å²) in [5.74, 6) is 1.04. The van der Waals surface area contributed by atoms with Crippen molar-refractivity contribution < 1.29 is 12.8 Å². The summed E-state index contributed by atoms with van der Waals surface area (Å²) in [7, 11) is -1.72. The van der Waals surface area contributed by atoms with Gasteiger partial charge in [0.2, 0.25) is 10.0 Å². The maximum absolute atomic E-state index is 12.2. The standard InChI is InChI=1S/C13H24N2O3S/c1-6-13(3,4)9-15-19(16,17)12-7-11(8-14-5)18-10(12)2/h7,14-15H,6,8-9H2,1-5H3. The van der Waals surface area contributed by atoms with Crippen LogP contribution in [0.1, 0.15) is 38.7 Å². The maximum Gasteiger partial charge on any atom is 0.244 e. The van der Waals surface area contributed by atoms with Crippen molar-refractivity contribution in [2.45, 2.75) is 45.6 Å². The molecule has 0 atom stereocenters. The Hall–Kier alpha value is -0.850. The van der Waals surface area contributed by atoms with E-state index in [0.717, 1.165) is 6.42 Å². The second-order valence-corrected chi connectivity index (χ2v) is 7.24. The number of rotatable bonds is 7. The number of hydrogen-bond donors (Lipinski definition) is 2. The second kappa shape index (κ2) is 6.07. The highest BCUT2D eigenvalue weighted by molar-refractivity contribution is 7.89. The van der Waals surface area contributed by atoms with Gasteiger partial charge in [0, 0.05) is 12.6 Å². The van der Waals surface area contributed by atoms with Gasteiger partial charge in [0.05, 0.1) is 6.54 Å². The van der Waals surface area contributed by atoms with Gasteiger partial charge in [0.15, 0.2) is 0 Å². The van der Waals surface area contributed by atoms with E-state index in [2.05, 4.69) is 10.0 Å². The van der Waals surface area contributed by atoms with Crippen molar-refractivity contribution >= 4 is 10.0 Å². The largest absolute Gasteiger partial charge is 0.464 e. The molecule has 5 nitrogen and oxygen atoms in total. The maximum atomic E-state index is 12.2. The first-order chi connectivity index (χ1) is 8.72. The zero-order chi connectivity index (χ0) is 14.7. The van der Waals surface area contributed by atoms with Crippen LogP contribution in [0.3, 0.4) is 0 Å². The quantitative estimate of drug-likeness (QED) is 0.805. The van der Waals surface area contributed by atoms with Crippen LogP contribution in [0.4, 0.5) is 0 Å². The van der Waals surface area contributed by atoms with Crippen LogP contribution in [-0.4, -0.2) is 22.0 Å². The molecule has 0 bridgehead atoms. The Morgan fingerprint density at radius 2 is 2.00 bits per heavy atom. The van der Waals surface area contributed by atoms with E-state index in [1.54, 1.807) is 20.0 Å². The highest BCUT2D eigenvalue weighted by atomic mass is 32.2. The third-order valence-electron chi connectivity index (χ3n) is 3.26. The van der Waals surface area contributed by atoms with Crippen molar-refractivity contribution in [1.29, 1.82) is 0 Å². The summed E-state index contributed by atoms with van der Waals surface area (Å²) in [5.41, 5.74) is -0.0570. The molecule has 19 heavy (non-hydrogen) atoms. The van der Waals surface area contributed by atoms with Crippen molar-refractivity contribution in [3.63, 3.8) is 0 Å². The first kappa shape index (κ1) is 16.2. The Balaban J connectivity index is 2.88. The monoisotopic (exact) mass is 288 g/mol. The first-order valence-electron chi connectivity index (χ1n) is 6.45. The molecule has 0 radical (unpaired) electrons. The number of nitrogens with one attached hydrogen (secondary N) is 2. The summed E-state index contributed by atoms with van der Waals surface area (Å²) >= 11 is 0. The topological polar surface area (TPSA) is 71.3 Å². The Bertz CT molecular complexity index is 518. The molecule has 1 aromatic heterocycles. The van der Waals surface area contributed by atoms with Crippen molar-refractivity contribution in [3.8, 4) is 0 Å². The van der Waals surface area contributed by atoms with Crippen molar-refractivity contribution in [1.82, 2.24) is 10.0 Å². The first-order valence-corrected chi connectivity index (χ1v) is 7.94. The molecule has 0 unspecified atom stereocenters. The molecule has 1 heterocycles. The average Bonchev–Trinajstić information content (AvgIpc) is 2.70. The van der Waals surface area contributed by atoms with Crippen molar-refractivity contribution in [2.24, 2.45) is 5.41 Å². The van der Waals surface area contributed by atoms with Crippen molar-refractivity contribution in [3.05, 3.63) is 17.6 Å². The van der Waals surface area contributed by atoms with E-state index in [4.69, 9.17) is 4.42 Å². The van der Waals surface area contributed by atoms with Crippen LogP contribution in [0.2, 0.25) is 0 Å². The Morgan fingerprint density at radius 3 is 2.53 bits per heavy atom. The molecule has 1 rings (SSSR count). The van der Waals surface area contributed by atoms with E-state index >= 15 is 0 Å². The molecule has 0 fully saturated rings. The number of sulfonamides is 1. The fourth-order valence-corrected chi connectivity index (χ4v) is 2.99. The molecule has 2 N–H and O–H groups in total. The lowest BCUT2D eigenvalue weighted by molar-refractivity contribution is 0.350. The van der Waals surface area contributed by atoms with E-state index in [9.17, 15) is 8.42 Å². The summed E-state index contributed by atoms with van der Waals surface area (Å²) in [6.07, 6.45) is 0.908. The van der Waals surface area contributed by atoms with E-state index in [1.807, 2.05) is 20.8 Å². The molecule has 0 amide bonds. The molecule has 0 aromatic carbocycles. The Labute approximate surface area is 115 Å². The molecule has 0 aliphatic rings. The lowest BCUT2D eigenvalue weighted by atomic mass is 9.91. The van der Waals surface area contributed by atoms with Crippen LogP contribution < -0.4 is 10.0 Å². The van der Waals surface area contributed by atoms with Gasteiger partial charge >= 0.3 is 0 Å². The third kappa shape index (κ3) is 4.33. The Kier molecular flexibility index (Phi) is 5.18. The van der Waals surface area contributed by atoms with Crippen LogP contribution in [0.25, 0.3) is 0 Å². The molecule has 110 valence electrons. The SMILES string of the molecule is CCC(C)(C)CNS(=O)(=O)c1cc(CNC)oc1C. The molecule has 0 saturated heterocycles. The van der Waals surface area contributed by atoms with Gasteiger partial charge in [-0.05, 0) is 25.8 Å². The van der Waals surface area contributed by atoms with Crippen LogP contribution >= 0.6 is 0 Å². The van der Waals surface area contributed by atoms with E-state index in [1.165, 1.54) is 0 Å². The molecule has 6 heteroatoms. The highest BCUT2D eigenvalue weighted by Gasteiger charge is 2.24. The Morgan fingerprint density at radius 1 is 1.37 bits per heavy atom. The summed E-state index contributed by atoms with van der Waals surface area (Å²) in [6, 6.07) is 1.58. The zero-order valence-electron chi connectivity index (χ0n) is 12.3. The summed E-state index contributed by atoms with van der Waals surface area (Å²) in [5, 5.41) is 2.93. The molecule has 1 aromatic rings. The fourth-order valence-electron chi connectivity index (χ4n) is 1.55. The number of aryl methyl sites for hydroxylation is 1. The lowest BCUT2D eigenvalue weighted by Crippen LogP contribution is -2.33. The van der Waals surface area contributed by atoms with Gasteiger partial charge < -0.3 is 9.73 Å². The second-order valence-electron chi connectivity index (χ2n) is 5.51. The van der Waals surface area contributed by atoms with E-state index < -0.39 is 10.0 Å². The van der Waals surface area contributed by atoms with Gasteiger partial charge in [-0.2, -0.15) is 0 Å². The minimum Gasteiger partial charge on any atom is -0.464 e. The molecular formula is C13H24N2O3S. The zero-order valence-corrected chi connectivity index (χ0v) is 13.1. The van der Waals surface area contributed by atoms with Gasteiger partial charge in [-0.1, -0.05) is 20.8 Å². The summed E-state index contributed by atoms with van der Waals surface area (Å²) < 4.78 is 32.6.